The normalized spacial score (nSPS) is 23.4. The first-order valence-corrected chi connectivity index (χ1v) is 10.3. The summed E-state index contributed by atoms with van der Waals surface area (Å²) in [6, 6.07) is 13.7. The fourth-order valence-corrected chi connectivity index (χ4v) is 3.96. The van der Waals surface area contributed by atoms with Crippen molar-refractivity contribution < 1.29 is 27.5 Å². The molecule has 2 aromatic carbocycles. The number of hydrogen-bond donors (Lipinski definition) is 1. The highest BCUT2D eigenvalue weighted by atomic mass is 35.5. The van der Waals surface area contributed by atoms with Crippen molar-refractivity contribution in [3.05, 3.63) is 70.7 Å². The molecule has 2 atom stereocenters. The molecule has 2 aromatic rings. The number of alkyl halides is 3. The van der Waals surface area contributed by atoms with Gasteiger partial charge in [0, 0.05) is 12.2 Å². The molecule has 168 valence electrons. The molecular weight excluding hydrogens is 447 g/mol. The third-order valence-electron chi connectivity index (χ3n) is 5.35. The van der Waals surface area contributed by atoms with Crippen LogP contribution in [0.5, 0.6) is 0 Å². The van der Waals surface area contributed by atoms with Crippen LogP contribution < -0.4 is 5.32 Å². The van der Waals surface area contributed by atoms with Crippen LogP contribution in [0.3, 0.4) is 0 Å². The molecule has 6 nitrogen and oxygen atoms in total. The SMILES string of the molecule is O=C(NC1(C(F)(F)F)N=C(c2ccccc2)N(CC2CCCO2)C1=O)c1ccccc1Cl. The second-order valence-electron chi connectivity index (χ2n) is 7.49. The van der Waals surface area contributed by atoms with Gasteiger partial charge in [-0.15, -0.1) is 0 Å². The summed E-state index contributed by atoms with van der Waals surface area (Å²) in [6.45, 7) is 0.366. The van der Waals surface area contributed by atoms with Crippen LogP contribution >= 0.6 is 11.6 Å². The van der Waals surface area contributed by atoms with Gasteiger partial charge < -0.3 is 10.1 Å². The maximum absolute atomic E-state index is 14.4. The molecular formula is C22H19ClF3N3O3. The van der Waals surface area contributed by atoms with Crippen LogP contribution in [-0.2, 0) is 9.53 Å². The van der Waals surface area contributed by atoms with E-state index in [1.165, 1.54) is 24.3 Å². The average Bonchev–Trinajstić information content (AvgIpc) is 3.37. The van der Waals surface area contributed by atoms with Gasteiger partial charge in [-0.05, 0) is 25.0 Å². The van der Waals surface area contributed by atoms with Crippen molar-refractivity contribution in [1.82, 2.24) is 10.2 Å². The van der Waals surface area contributed by atoms with Crippen LogP contribution in [0.25, 0.3) is 0 Å². The third-order valence-corrected chi connectivity index (χ3v) is 5.68. The number of nitrogens with one attached hydrogen (secondary N) is 1. The van der Waals surface area contributed by atoms with E-state index in [9.17, 15) is 22.8 Å². The van der Waals surface area contributed by atoms with Gasteiger partial charge in [0.25, 0.3) is 11.8 Å². The van der Waals surface area contributed by atoms with Crippen LogP contribution in [0.4, 0.5) is 13.2 Å². The number of hydrogen-bond acceptors (Lipinski definition) is 4. The van der Waals surface area contributed by atoms with Crippen molar-refractivity contribution >= 4 is 29.3 Å². The molecule has 0 aliphatic carbocycles. The molecule has 0 radical (unpaired) electrons. The average molecular weight is 466 g/mol. The number of aliphatic imine (C=N–C) groups is 1. The summed E-state index contributed by atoms with van der Waals surface area (Å²) >= 11 is 5.98. The second-order valence-corrected chi connectivity index (χ2v) is 7.90. The second kappa shape index (κ2) is 8.55. The minimum atomic E-state index is -5.20. The highest BCUT2D eigenvalue weighted by Crippen LogP contribution is 2.39. The maximum atomic E-state index is 14.4. The Balaban J connectivity index is 1.78. The van der Waals surface area contributed by atoms with Gasteiger partial charge >= 0.3 is 11.8 Å². The van der Waals surface area contributed by atoms with Gasteiger partial charge in [0.05, 0.1) is 23.2 Å². The topological polar surface area (TPSA) is 71.0 Å². The Morgan fingerprint density at radius 1 is 1.19 bits per heavy atom. The van der Waals surface area contributed by atoms with E-state index in [2.05, 4.69) is 4.99 Å². The van der Waals surface area contributed by atoms with Crippen molar-refractivity contribution in [1.29, 1.82) is 0 Å². The number of halogens is 4. The van der Waals surface area contributed by atoms with Crippen molar-refractivity contribution in [2.75, 3.05) is 13.2 Å². The van der Waals surface area contributed by atoms with E-state index in [4.69, 9.17) is 16.3 Å². The Labute approximate surface area is 187 Å². The van der Waals surface area contributed by atoms with Crippen molar-refractivity contribution in [3.63, 3.8) is 0 Å². The lowest BCUT2D eigenvalue weighted by atomic mass is 10.1. The molecule has 0 aromatic heterocycles. The summed E-state index contributed by atoms with van der Waals surface area (Å²) in [5.41, 5.74) is -3.36. The number of benzene rings is 2. The summed E-state index contributed by atoms with van der Waals surface area (Å²) in [4.78, 5) is 30.8. The minimum Gasteiger partial charge on any atom is -0.376 e. The van der Waals surface area contributed by atoms with E-state index < -0.39 is 29.8 Å². The van der Waals surface area contributed by atoms with Crippen molar-refractivity contribution in [2.24, 2.45) is 4.99 Å². The molecule has 0 spiro atoms. The first-order valence-electron chi connectivity index (χ1n) is 9.95. The van der Waals surface area contributed by atoms with Crippen molar-refractivity contribution in [2.45, 2.75) is 30.8 Å². The molecule has 1 saturated heterocycles. The largest absolute Gasteiger partial charge is 0.442 e. The van der Waals surface area contributed by atoms with Gasteiger partial charge in [-0.25, -0.2) is 4.99 Å². The van der Waals surface area contributed by atoms with Gasteiger partial charge in [0.2, 0.25) is 0 Å². The van der Waals surface area contributed by atoms with Crippen molar-refractivity contribution in [3.8, 4) is 0 Å². The molecule has 2 amide bonds. The van der Waals surface area contributed by atoms with Gasteiger partial charge in [-0.2, -0.15) is 13.2 Å². The molecule has 0 saturated carbocycles. The molecule has 4 rings (SSSR count). The smallest absolute Gasteiger partial charge is 0.376 e. The van der Waals surface area contributed by atoms with Crippen LogP contribution in [0, 0.1) is 0 Å². The first-order chi connectivity index (χ1) is 15.2. The quantitative estimate of drug-likeness (QED) is 0.730. The predicted octanol–water partition coefficient (Wildman–Crippen LogP) is 3.80. The molecule has 10 heteroatoms. The predicted molar refractivity (Wildman–Crippen MR) is 111 cm³/mol. The van der Waals surface area contributed by atoms with Crippen LogP contribution in [0.15, 0.2) is 59.6 Å². The molecule has 1 N–H and O–H groups in total. The number of carbonyl (C=O) groups excluding carboxylic acids is 2. The van der Waals surface area contributed by atoms with Gasteiger partial charge in [-0.3, -0.25) is 14.5 Å². The fraction of sp³-hybridized carbons (Fsp3) is 0.318. The standard InChI is InChI=1S/C22H19ClF3N3O3/c23-17-11-5-4-10-16(17)19(30)28-21(22(24,25)26)20(31)29(13-15-9-6-12-32-15)18(27-21)14-7-2-1-3-8-14/h1-5,7-8,10-11,15H,6,9,12-13H2,(H,28,30). The highest BCUT2D eigenvalue weighted by molar-refractivity contribution is 6.34. The van der Waals surface area contributed by atoms with E-state index in [1.54, 1.807) is 30.3 Å². The Kier molecular flexibility index (Phi) is 5.96. The molecule has 32 heavy (non-hydrogen) atoms. The Hall–Kier alpha value is -2.91. The molecule has 0 bridgehead atoms. The maximum Gasteiger partial charge on any atom is 0.442 e. The van der Waals surface area contributed by atoms with E-state index in [-0.39, 0.29) is 23.0 Å². The number of amides is 2. The van der Waals surface area contributed by atoms with Crippen LogP contribution in [0.2, 0.25) is 5.02 Å². The van der Waals surface area contributed by atoms with Crippen LogP contribution in [-0.4, -0.2) is 53.6 Å². The minimum absolute atomic E-state index is 0.0451. The van der Waals surface area contributed by atoms with Gasteiger partial charge in [-0.1, -0.05) is 54.1 Å². The number of ether oxygens (including phenoxy) is 1. The van der Waals surface area contributed by atoms with E-state index >= 15 is 0 Å². The zero-order chi connectivity index (χ0) is 22.9. The highest BCUT2D eigenvalue weighted by Gasteiger charge is 2.67. The summed E-state index contributed by atoms with van der Waals surface area (Å²) < 4.78 is 48.7. The fourth-order valence-electron chi connectivity index (χ4n) is 3.74. The summed E-state index contributed by atoms with van der Waals surface area (Å²) in [5, 5.41) is 1.78. The summed E-state index contributed by atoms with van der Waals surface area (Å²) in [7, 11) is 0. The first kappa shape index (κ1) is 22.3. The number of carbonyl (C=O) groups is 2. The lowest BCUT2D eigenvalue weighted by Gasteiger charge is -2.30. The zero-order valence-electron chi connectivity index (χ0n) is 16.7. The molecule has 1 fully saturated rings. The summed E-state index contributed by atoms with van der Waals surface area (Å²) in [6.07, 6.45) is -4.27. The van der Waals surface area contributed by atoms with E-state index in [0.717, 1.165) is 11.3 Å². The van der Waals surface area contributed by atoms with Gasteiger partial charge in [0.15, 0.2) is 0 Å². The number of nitrogens with zero attached hydrogens (tertiary/aromatic N) is 2. The molecule has 2 heterocycles. The van der Waals surface area contributed by atoms with Gasteiger partial charge in [0.1, 0.15) is 5.84 Å². The lowest BCUT2D eigenvalue weighted by molar-refractivity contribution is -0.196. The molecule has 2 aliphatic heterocycles. The molecule has 2 aliphatic rings. The summed E-state index contributed by atoms with van der Waals surface area (Å²) in [5.74, 6) is -2.72. The Morgan fingerprint density at radius 3 is 2.50 bits per heavy atom. The Bertz CT molecular complexity index is 1060. The molecule has 2 unspecified atom stereocenters. The van der Waals surface area contributed by atoms with E-state index in [0.29, 0.717) is 18.6 Å². The number of rotatable bonds is 5. The zero-order valence-corrected chi connectivity index (χ0v) is 17.5. The lowest BCUT2D eigenvalue weighted by Crippen LogP contribution is -2.63. The number of amidine groups is 1. The van der Waals surface area contributed by atoms with Crippen LogP contribution in [0.1, 0.15) is 28.8 Å². The Morgan fingerprint density at radius 2 is 1.88 bits per heavy atom. The van der Waals surface area contributed by atoms with E-state index in [1.807, 2.05) is 5.32 Å². The monoisotopic (exact) mass is 465 g/mol. The third kappa shape index (κ3) is 3.98.